The number of nitrogens with zero attached hydrogens (tertiary/aromatic N) is 2. The van der Waals surface area contributed by atoms with Crippen LogP contribution < -0.4 is 34.0 Å². The third-order valence-electron chi connectivity index (χ3n) is 6.98. The molecule has 0 heterocycles. The van der Waals surface area contributed by atoms with E-state index in [0.717, 1.165) is 34.6 Å². The number of hydrogen-bond donors (Lipinski definition) is 0. The van der Waals surface area contributed by atoms with Crippen LogP contribution in [0.3, 0.4) is 0 Å². The SMILES string of the molecule is C[N+](C)(C)CCCCCCCCCCOC(=O)CCCCC(=O)OCCCCCCCCCC[N+](C)(C)C.[Br-].[Br-]. The van der Waals surface area contributed by atoms with Crippen LogP contribution in [0.1, 0.15) is 128 Å². The molecule has 0 N–H and O–H groups in total. The zero-order chi connectivity index (χ0) is 28.5. The molecule has 0 saturated carbocycles. The van der Waals surface area contributed by atoms with Crippen molar-refractivity contribution in [3.8, 4) is 0 Å². The van der Waals surface area contributed by atoms with Gasteiger partial charge in [-0.3, -0.25) is 9.59 Å². The molecule has 0 amide bonds. The van der Waals surface area contributed by atoms with Gasteiger partial charge in [-0.15, -0.1) is 0 Å². The molecule has 242 valence electrons. The second-order valence-electron chi connectivity index (χ2n) is 13.3. The molecule has 0 aliphatic carbocycles. The first-order chi connectivity index (χ1) is 18.0. The number of unbranched alkanes of at least 4 members (excludes halogenated alkanes) is 15. The summed E-state index contributed by atoms with van der Waals surface area (Å²) in [6, 6.07) is 0. The summed E-state index contributed by atoms with van der Waals surface area (Å²) < 4.78 is 12.8. The molecule has 0 atom stereocenters. The number of rotatable bonds is 27. The van der Waals surface area contributed by atoms with Gasteiger partial charge in [0, 0.05) is 12.8 Å². The number of carbonyl (C=O) groups excluding carboxylic acids is 2. The molecule has 0 rings (SSSR count). The van der Waals surface area contributed by atoms with Crippen molar-refractivity contribution in [1.82, 2.24) is 0 Å². The maximum atomic E-state index is 11.9. The lowest BCUT2D eigenvalue weighted by atomic mass is 10.1. The topological polar surface area (TPSA) is 52.6 Å². The van der Waals surface area contributed by atoms with Gasteiger partial charge in [-0.25, -0.2) is 0 Å². The number of hydrogen-bond acceptors (Lipinski definition) is 4. The predicted octanol–water partition coefficient (Wildman–Crippen LogP) is 1.30. The van der Waals surface area contributed by atoms with E-state index >= 15 is 0 Å². The molecule has 0 unspecified atom stereocenters. The van der Waals surface area contributed by atoms with Crippen LogP contribution in [0.25, 0.3) is 0 Å². The van der Waals surface area contributed by atoms with Crippen LogP contribution in [-0.2, 0) is 19.1 Å². The van der Waals surface area contributed by atoms with Gasteiger partial charge in [-0.1, -0.05) is 64.2 Å². The summed E-state index contributed by atoms with van der Waals surface area (Å²) in [5.41, 5.74) is 0. The van der Waals surface area contributed by atoms with Crippen LogP contribution in [0.2, 0.25) is 0 Å². The van der Waals surface area contributed by atoms with Gasteiger partial charge in [0.2, 0.25) is 0 Å². The van der Waals surface area contributed by atoms with Crippen molar-refractivity contribution >= 4 is 11.9 Å². The minimum atomic E-state index is -0.135. The standard InChI is InChI=1S/C32H66N2O4.2BrH/c1-33(2,3)27-21-15-11-7-9-13-17-23-29-37-31(35)25-19-20-26-32(36)38-30-24-18-14-10-8-12-16-22-28-34(4,5)6;;/h7-30H2,1-6H3;2*1H/q+2;;/p-2. The van der Waals surface area contributed by atoms with Crippen LogP contribution in [-0.4, -0.2) is 89.5 Å². The zero-order valence-corrected chi connectivity index (χ0v) is 30.4. The van der Waals surface area contributed by atoms with E-state index < -0.39 is 0 Å². The summed E-state index contributed by atoms with van der Waals surface area (Å²) in [4.78, 5) is 23.7. The van der Waals surface area contributed by atoms with Crippen molar-refractivity contribution in [2.45, 2.75) is 128 Å². The van der Waals surface area contributed by atoms with Crippen molar-refractivity contribution in [3.63, 3.8) is 0 Å². The number of ether oxygens (including phenoxy) is 2. The van der Waals surface area contributed by atoms with Gasteiger partial charge < -0.3 is 52.4 Å². The summed E-state index contributed by atoms with van der Waals surface area (Å²) in [6.45, 7) is 3.57. The molecule has 0 aromatic heterocycles. The van der Waals surface area contributed by atoms with Gasteiger partial charge in [-0.2, -0.15) is 0 Å². The number of esters is 2. The minimum Gasteiger partial charge on any atom is -1.00 e. The van der Waals surface area contributed by atoms with E-state index in [4.69, 9.17) is 9.47 Å². The molecular weight excluding hydrogens is 636 g/mol. The van der Waals surface area contributed by atoms with Crippen LogP contribution in [0, 0.1) is 0 Å². The van der Waals surface area contributed by atoms with Gasteiger partial charge in [0.1, 0.15) is 0 Å². The van der Waals surface area contributed by atoms with Crippen molar-refractivity contribution in [2.75, 3.05) is 68.6 Å². The molecule has 0 fully saturated rings. The molecular formula is C32H66Br2N2O4. The molecule has 40 heavy (non-hydrogen) atoms. The fraction of sp³-hybridized carbons (Fsp3) is 0.938. The fourth-order valence-electron chi connectivity index (χ4n) is 4.55. The van der Waals surface area contributed by atoms with Crippen molar-refractivity contribution < 1.29 is 62.0 Å². The highest BCUT2D eigenvalue weighted by molar-refractivity contribution is 5.70. The lowest BCUT2D eigenvalue weighted by Gasteiger charge is -2.23. The zero-order valence-electron chi connectivity index (χ0n) is 27.3. The average Bonchev–Trinajstić information content (AvgIpc) is 2.82. The van der Waals surface area contributed by atoms with Gasteiger partial charge in [0.05, 0.1) is 68.6 Å². The van der Waals surface area contributed by atoms with Crippen LogP contribution >= 0.6 is 0 Å². The molecule has 0 aromatic rings. The van der Waals surface area contributed by atoms with E-state index in [9.17, 15) is 9.59 Å². The first-order valence-electron chi connectivity index (χ1n) is 15.9. The molecule has 8 heteroatoms. The van der Waals surface area contributed by atoms with E-state index in [2.05, 4.69) is 42.3 Å². The number of quaternary nitrogens is 2. The summed E-state index contributed by atoms with van der Waals surface area (Å²) in [7, 11) is 13.5. The quantitative estimate of drug-likeness (QED) is 0.0737. The maximum absolute atomic E-state index is 11.9. The molecule has 6 nitrogen and oxygen atoms in total. The maximum Gasteiger partial charge on any atom is 0.305 e. The molecule has 0 spiro atoms. The van der Waals surface area contributed by atoms with E-state index in [1.165, 1.54) is 90.1 Å². The summed E-state index contributed by atoms with van der Waals surface area (Å²) >= 11 is 0. The molecule has 0 aliphatic heterocycles. The Kier molecular flexibility index (Phi) is 32.0. The summed E-state index contributed by atoms with van der Waals surface area (Å²) in [5, 5.41) is 0. The predicted molar refractivity (Wildman–Crippen MR) is 160 cm³/mol. The molecule has 0 bridgehead atoms. The third kappa shape index (κ3) is 37.8. The Balaban J connectivity index is -0.00000684. The molecule has 0 radical (unpaired) electrons. The number of carbonyl (C=O) groups is 2. The highest BCUT2D eigenvalue weighted by Gasteiger charge is 2.08. The van der Waals surface area contributed by atoms with Crippen LogP contribution in [0.15, 0.2) is 0 Å². The smallest absolute Gasteiger partial charge is 0.305 e. The highest BCUT2D eigenvalue weighted by Crippen LogP contribution is 2.12. The normalized spacial score (nSPS) is 11.4. The van der Waals surface area contributed by atoms with Crippen LogP contribution in [0.4, 0.5) is 0 Å². The van der Waals surface area contributed by atoms with E-state index in [1.54, 1.807) is 0 Å². The first kappa shape index (κ1) is 44.3. The Bertz CT molecular complexity index is 528. The Morgan fingerprint density at radius 1 is 0.400 bits per heavy atom. The second kappa shape index (κ2) is 28.9. The Morgan fingerprint density at radius 2 is 0.650 bits per heavy atom. The minimum absolute atomic E-state index is 0. The summed E-state index contributed by atoms with van der Waals surface area (Å²) in [5.74, 6) is -0.270. The van der Waals surface area contributed by atoms with Crippen LogP contribution in [0.5, 0.6) is 0 Å². The largest absolute Gasteiger partial charge is 1.00 e. The fourth-order valence-corrected chi connectivity index (χ4v) is 4.55. The average molecular weight is 703 g/mol. The Morgan fingerprint density at radius 3 is 0.925 bits per heavy atom. The summed E-state index contributed by atoms with van der Waals surface area (Å²) in [6.07, 6.45) is 22.0. The Labute approximate surface area is 270 Å². The molecule has 0 aliphatic rings. The highest BCUT2D eigenvalue weighted by atomic mass is 79.9. The molecule has 0 aromatic carbocycles. The lowest BCUT2D eigenvalue weighted by Crippen LogP contribution is -3.00. The van der Waals surface area contributed by atoms with E-state index in [1.807, 2.05) is 0 Å². The number of halogens is 2. The van der Waals surface area contributed by atoms with Gasteiger partial charge in [0.25, 0.3) is 0 Å². The second-order valence-corrected chi connectivity index (χ2v) is 13.3. The van der Waals surface area contributed by atoms with E-state index in [0.29, 0.717) is 38.9 Å². The van der Waals surface area contributed by atoms with Gasteiger partial charge >= 0.3 is 11.9 Å². The van der Waals surface area contributed by atoms with Gasteiger partial charge in [-0.05, 0) is 51.4 Å². The van der Waals surface area contributed by atoms with Crippen molar-refractivity contribution in [3.05, 3.63) is 0 Å². The third-order valence-corrected chi connectivity index (χ3v) is 6.98. The Hall–Kier alpha value is -0.180. The first-order valence-corrected chi connectivity index (χ1v) is 15.9. The van der Waals surface area contributed by atoms with E-state index in [-0.39, 0.29) is 45.9 Å². The van der Waals surface area contributed by atoms with Crippen molar-refractivity contribution in [2.24, 2.45) is 0 Å². The van der Waals surface area contributed by atoms with Gasteiger partial charge in [0.15, 0.2) is 0 Å². The molecule has 0 saturated heterocycles. The monoisotopic (exact) mass is 700 g/mol. The lowest BCUT2D eigenvalue weighted by molar-refractivity contribution is -0.870. The van der Waals surface area contributed by atoms with Crippen molar-refractivity contribution in [1.29, 1.82) is 0 Å².